The molecule has 0 spiro atoms. The second kappa shape index (κ2) is 3.71. The summed E-state index contributed by atoms with van der Waals surface area (Å²) in [6.07, 6.45) is 4.35. The Bertz CT molecular complexity index is 512. The molecular formula is C12H15N3S. The number of thiophene rings is 1. The van der Waals surface area contributed by atoms with Crippen molar-refractivity contribution in [1.29, 1.82) is 0 Å². The largest absolute Gasteiger partial charge is 0.333 e. The van der Waals surface area contributed by atoms with Crippen molar-refractivity contribution in [2.24, 2.45) is 5.73 Å². The maximum absolute atomic E-state index is 6.06. The first-order valence-electron chi connectivity index (χ1n) is 5.63. The molecule has 3 rings (SSSR count). The molecule has 0 saturated carbocycles. The molecule has 0 aliphatic carbocycles. The van der Waals surface area contributed by atoms with Crippen molar-refractivity contribution in [2.45, 2.75) is 32.4 Å². The van der Waals surface area contributed by atoms with Crippen molar-refractivity contribution in [3.8, 4) is 10.6 Å². The molecule has 0 bridgehead atoms. The third-order valence-electron chi connectivity index (χ3n) is 3.05. The molecule has 0 fully saturated rings. The summed E-state index contributed by atoms with van der Waals surface area (Å²) in [6, 6.07) is 4.39. The van der Waals surface area contributed by atoms with E-state index in [1.165, 1.54) is 9.75 Å². The van der Waals surface area contributed by atoms with Gasteiger partial charge in [0.15, 0.2) is 0 Å². The van der Waals surface area contributed by atoms with Crippen LogP contribution in [0.5, 0.6) is 0 Å². The first-order valence-corrected chi connectivity index (χ1v) is 6.45. The summed E-state index contributed by atoms with van der Waals surface area (Å²) in [5.74, 6) is 1.05. The maximum Gasteiger partial charge on any atom is 0.126 e. The molecule has 0 radical (unpaired) electrons. The fourth-order valence-electron chi connectivity index (χ4n) is 2.21. The Kier molecular flexibility index (Phi) is 2.33. The Hall–Kier alpha value is -1.13. The third-order valence-corrected chi connectivity index (χ3v) is 4.07. The molecule has 16 heavy (non-hydrogen) atoms. The van der Waals surface area contributed by atoms with E-state index in [1.54, 1.807) is 11.3 Å². The Labute approximate surface area is 98.9 Å². The third kappa shape index (κ3) is 1.58. The fraction of sp³-hybridized carbons (Fsp3) is 0.417. The Balaban J connectivity index is 2.04. The fourth-order valence-corrected chi connectivity index (χ4v) is 3.03. The van der Waals surface area contributed by atoms with Crippen molar-refractivity contribution in [1.82, 2.24) is 9.55 Å². The molecule has 1 aliphatic rings. The van der Waals surface area contributed by atoms with Gasteiger partial charge in [-0.3, -0.25) is 0 Å². The van der Waals surface area contributed by atoms with Gasteiger partial charge in [-0.15, -0.1) is 11.3 Å². The van der Waals surface area contributed by atoms with E-state index in [-0.39, 0.29) is 6.04 Å². The van der Waals surface area contributed by atoms with Crippen LogP contribution in [0.3, 0.4) is 0 Å². The highest BCUT2D eigenvalue weighted by Crippen LogP contribution is 2.30. The Morgan fingerprint density at radius 2 is 2.38 bits per heavy atom. The predicted octanol–water partition coefficient (Wildman–Crippen LogP) is 2.71. The van der Waals surface area contributed by atoms with Crippen LogP contribution in [0.15, 0.2) is 18.3 Å². The Morgan fingerprint density at radius 1 is 1.50 bits per heavy atom. The average Bonchev–Trinajstić information content (AvgIpc) is 2.84. The van der Waals surface area contributed by atoms with E-state index in [1.807, 2.05) is 0 Å². The van der Waals surface area contributed by atoms with E-state index in [4.69, 9.17) is 5.73 Å². The van der Waals surface area contributed by atoms with Crippen LogP contribution in [0.4, 0.5) is 0 Å². The molecule has 1 unspecified atom stereocenters. The highest BCUT2D eigenvalue weighted by Gasteiger charge is 2.20. The van der Waals surface area contributed by atoms with E-state index in [0.717, 1.165) is 30.9 Å². The molecule has 4 heteroatoms. The van der Waals surface area contributed by atoms with Gasteiger partial charge in [0.2, 0.25) is 0 Å². The number of rotatable bonds is 1. The van der Waals surface area contributed by atoms with Crippen molar-refractivity contribution < 1.29 is 0 Å². The average molecular weight is 233 g/mol. The van der Waals surface area contributed by atoms with Gasteiger partial charge in [-0.25, -0.2) is 4.98 Å². The van der Waals surface area contributed by atoms with Crippen LogP contribution in [-0.4, -0.2) is 9.55 Å². The van der Waals surface area contributed by atoms with Gasteiger partial charge in [-0.05, 0) is 31.9 Å². The number of imidazole rings is 1. The molecule has 2 aromatic heterocycles. The quantitative estimate of drug-likeness (QED) is 0.823. The van der Waals surface area contributed by atoms with Gasteiger partial charge in [0.05, 0.1) is 16.6 Å². The number of hydrogen-bond donors (Lipinski definition) is 1. The SMILES string of the molecule is Cc1ccc(-c2cn3c(n2)C(N)CCC3)s1. The van der Waals surface area contributed by atoms with Crippen LogP contribution < -0.4 is 5.73 Å². The van der Waals surface area contributed by atoms with Gasteiger partial charge in [0, 0.05) is 17.6 Å². The maximum atomic E-state index is 6.06. The lowest BCUT2D eigenvalue weighted by molar-refractivity contribution is 0.451. The van der Waals surface area contributed by atoms with Crippen molar-refractivity contribution >= 4 is 11.3 Å². The second-order valence-electron chi connectivity index (χ2n) is 4.34. The molecule has 1 atom stereocenters. The minimum atomic E-state index is 0.114. The lowest BCUT2D eigenvalue weighted by atomic mass is 10.1. The summed E-state index contributed by atoms with van der Waals surface area (Å²) in [4.78, 5) is 7.23. The van der Waals surface area contributed by atoms with Gasteiger partial charge in [-0.2, -0.15) is 0 Å². The zero-order valence-electron chi connectivity index (χ0n) is 9.31. The number of aryl methyl sites for hydroxylation is 2. The molecule has 1 aliphatic heterocycles. The standard InChI is InChI=1S/C12H15N3S/c1-8-4-5-11(16-8)10-7-15-6-2-3-9(13)12(15)14-10/h4-5,7,9H,2-3,6,13H2,1H3. The van der Waals surface area contributed by atoms with Crippen LogP contribution in [0.2, 0.25) is 0 Å². The zero-order valence-corrected chi connectivity index (χ0v) is 10.1. The van der Waals surface area contributed by atoms with E-state index >= 15 is 0 Å². The molecular weight excluding hydrogens is 218 g/mol. The molecule has 3 nitrogen and oxygen atoms in total. The van der Waals surface area contributed by atoms with Crippen molar-refractivity contribution in [3.63, 3.8) is 0 Å². The number of nitrogens with zero attached hydrogens (tertiary/aromatic N) is 2. The first kappa shape index (κ1) is 10.1. The van der Waals surface area contributed by atoms with Crippen molar-refractivity contribution in [3.05, 3.63) is 29.0 Å². The van der Waals surface area contributed by atoms with E-state index in [2.05, 4.69) is 34.8 Å². The number of nitrogens with two attached hydrogens (primary N) is 1. The van der Waals surface area contributed by atoms with Crippen LogP contribution in [0.25, 0.3) is 10.6 Å². The van der Waals surface area contributed by atoms with E-state index < -0.39 is 0 Å². The second-order valence-corrected chi connectivity index (χ2v) is 5.62. The molecule has 3 heterocycles. The molecule has 84 valence electrons. The lowest BCUT2D eigenvalue weighted by Crippen LogP contribution is -2.21. The van der Waals surface area contributed by atoms with E-state index in [0.29, 0.717) is 0 Å². The number of fused-ring (bicyclic) bond motifs is 1. The van der Waals surface area contributed by atoms with Gasteiger partial charge in [-0.1, -0.05) is 0 Å². The topological polar surface area (TPSA) is 43.8 Å². The molecule has 2 N–H and O–H groups in total. The summed E-state index contributed by atoms with van der Waals surface area (Å²) in [5, 5.41) is 0. The van der Waals surface area contributed by atoms with Gasteiger partial charge in [0.25, 0.3) is 0 Å². The highest BCUT2D eigenvalue weighted by atomic mass is 32.1. The molecule has 0 amide bonds. The highest BCUT2D eigenvalue weighted by molar-refractivity contribution is 7.15. The van der Waals surface area contributed by atoms with Gasteiger partial charge in [0.1, 0.15) is 5.82 Å². The van der Waals surface area contributed by atoms with Crippen LogP contribution in [0.1, 0.15) is 29.6 Å². The minimum Gasteiger partial charge on any atom is -0.333 e. The van der Waals surface area contributed by atoms with Crippen LogP contribution in [0, 0.1) is 6.92 Å². The smallest absolute Gasteiger partial charge is 0.126 e. The monoisotopic (exact) mass is 233 g/mol. The normalized spacial score (nSPS) is 19.8. The minimum absolute atomic E-state index is 0.114. The molecule has 0 saturated heterocycles. The summed E-state index contributed by atoms with van der Waals surface area (Å²) in [5.41, 5.74) is 7.14. The summed E-state index contributed by atoms with van der Waals surface area (Å²) >= 11 is 1.79. The van der Waals surface area contributed by atoms with Crippen LogP contribution in [-0.2, 0) is 6.54 Å². The van der Waals surface area contributed by atoms with Gasteiger partial charge < -0.3 is 10.3 Å². The number of hydrogen-bond acceptors (Lipinski definition) is 3. The molecule has 0 aromatic carbocycles. The van der Waals surface area contributed by atoms with Gasteiger partial charge >= 0.3 is 0 Å². The summed E-state index contributed by atoms with van der Waals surface area (Å²) < 4.78 is 2.21. The first-order chi connectivity index (χ1) is 7.74. The zero-order chi connectivity index (χ0) is 11.1. The van der Waals surface area contributed by atoms with Crippen molar-refractivity contribution in [2.75, 3.05) is 0 Å². The molecule has 2 aromatic rings. The predicted molar refractivity (Wildman–Crippen MR) is 66.4 cm³/mol. The lowest BCUT2D eigenvalue weighted by Gasteiger charge is -2.19. The Morgan fingerprint density at radius 3 is 3.06 bits per heavy atom. The summed E-state index contributed by atoms with van der Waals surface area (Å²) in [7, 11) is 0. The summed E-state index contributed by atoms with van der Waals surface area (Å²) in [6.45, 7) is 3.18. The number of aromatic nitrogens is 2. The van der Waals surface area contributed by atoms with Crippen LogP contribution >= 0.6 is 11.3 Å². The van der Waals surface area contributed by atoms with E-state index in [9.17, 15) is 0 Å².